The van der Waals surface area contributed by atoms with Gasteiger partial charge in [-0.1, -0.05) is 12.8 Å². The molecule has 1 aliphatic carbocycles. The van der Waals surface area contributed by atoms with Crippen molar-refractivity contribution in [1.82, 2.24) is 5.32 Å². The Morgan fingerprint density at radius 2 is 2.08 bits per heavy atom. The molecule has 0 amide bonds. The standard InChI is InChI=1S/C10H22N2/c1-9(6-7-11)12-8-10-4-2-3-5-10/h9-10,12H,2-8,11H2,1H3. The molecule has 0 spiro atoms. The molecule has 72 valence electrons. The number of hydrogen-bond donors (Lipinski definition) is 2. The Kier molecular flexibility index (Phi) is 4.62. The van der Waals surface area contributed by atoms with E-state index in [1.54, 1.807) is 0 Å². The highest BCUT2D eigenvalue weighted by Gasteiger charge is 2.14. The molecule has 0 bridgehead atoms. The van der Waals surface area contributed by atoms with Gasteiger partial charge in [0, 0.05) is 6.04 Å². The van der Waals surface area contributed by atoms with Crippen molar-refractivity contribution in [1.29, 1.82) is 0 Å². The smallest absolute Gasteiger partial charge is 0.00508 e. The highest BCUT2D eigenvalue weighted by atomic mass is 14.9. The van der Waals surface area contributed by atoms with Crippen molar-refractivity contribution in [3.63, 3.8) is 0 Å². The van der Waals surface area contributed by atoms with E-state index in [9.17, 15) is 0 Å². The molecule has 1 aliphatic rings. The third-order valence-electron chi connectivity index (χ3n) is 2.83. The van der Waals surface area contributed by atoms with E-state index in [0.717, 1.165) is 18.9 Å². The molecular weight excluding hydrogens is 148 g/mol. The zero-order chi connectivity index (χ0) is 8.81. The lowest BCUT2D eigenvalue weighted by Gasteiger charge is -2.15. The van der Waals surface area contributed by atoms with E-state index in [4.69, 9.17) is 5.73 Å². The van der Waals surface area contributed by atoms with Gasteiger partial charge < -0.3 is 11.1 Å². The first-order valence-corrected chi connectivity index (χ1v) is 5.26. The molecule has 2 nitrogen and oxygen atoms in total. The first-order chi connectivity index (χ1) is 5.83. The molecule has 1 atom stereocenters. The fourth-order valence-electron chi connectivity index (χ4n) is 1.93. The first kappa shape index (κ1) is 10.0. The van der Waals surface area contributed by atoms with Crippen LogP contribution in [0.4, 0.5) is 0 Å². The van der Waals surface area contributed by atoms with Crippen molar-refractivity contribution >= 4 is 0 Å². The van der Waals surface area contributed by atoms with Gasteiger partial charge in [0.25, 0.3) is 0 Å². The highest BCUT2D eigenvalue weighted by Crippen LogP contribution is 2.23. The Morgan fingerprint density at radius 3 is 2.67 bits per heavy atom. The maximum atomic E-state index is 5.47. The number of nitrogens with two attached hydrogens (primary N) is 1. The molecule has 1 rings (SSSR count). The van der Waals surface area contributed by atoms with Crippen LogP contribution in [0.2, 0.25) is 0 Å². The average Bonchev–Trinajstić information content (AvgIpc) is 2.53. The van der Waals surface area contributed by atoms with Crippen LogP contribution in [0.3, 0.4) is 0 Å². The predicted octanol–water partition coefficient (Wildman–Crippen LogP) is 1.50. The van der Waals surface area contributed by atoms with Gasteiger partial charge in [0.2, 0.25) is 0 Å². The van der Waals surface area contributed by atoms with Crippen LogP contribution in [0.15, 0.2) is 0 Å². The van der Waals surface area contributed by atoms with E-state index in [-0.39, 0.29) is 0 Å². The van der Waals surface area contributed by atoms with Crippen LogP contribution in [0.5, 0.6) is 0 Å². The van der Waals surface area contributed by atoms with Crippen molar-refractivity contribution in [3.8, 4) is 0 Å². The molecule has 2 heteroatoms. The molecule has 0 aromatic heterocycles. The maximum Gasteiger partial charge on any atom is 0.00508 e. The molecule has 0 aromatic rings. The molecule has 0 aromatic carbocycles. The third kappa shape index (κ3) is 3.55. The number of nitrogens with one attached hydrogen (secondary N) is 1. The summed E-state index contributed by atoms with van der Waals surface area (Å²) in [6.07, 6.45) is 6.85. The second-order valence-electron chi connectivity index (χ2n) is 4.04. The number of hydrogen-bond acceptors (Lipinski definition) is 2. The zero-order valence-corrected chi connectivity index (χ0v) is 8.18. The van der Waals surface area contributed by atoms with Crippen LogP contribution >= 0.6 is 0 Å². The van der Waals surface area contributed by atoms with Gasteiger partial charge in [-0.15, -0.1) is 0 Å². The van der Waals surface area contributed by atoms with Crippen LogP contribution in [-0.2, 0) is 0 Å². The normalized spacial score (nSPS) is 21.5. The first-order valence-electron chi connectivity index (χ1n) is 5.26. The fourth-order valence-corrected chi connectivity index (χ4v) is 1.93. The van der Waals surface area contributed by atoms with Gasteiger partial charge in [0.1, 0.15) is 0 Å². The molecular formula is C10H22N2. The van der Waals surface area contributed by atoms with Gasteiger partial charge in [-0.3, -0.25) is 0 Å². The Labute approximate surface area is 75.9 Å². The van der Waals surface area contributed by atoms with Crippen molar-refractivity contribution in [3.05, 3.63) is 0 Å². The van der Waals surface area contributed by atoms with Crippen LogP contribution in [0.25, 0.3) is 0 Å². The summed E-state index contributed by atoms with van der Waals surface area (Å²) in [5.74, 6) is 0.949. The highest BCUT2D eigenvalue weighted by molar-refractivity contribution is 4.71. The summed E-state index contributed by atoms with van der Waals surface area (Å²) >= 11 is 0. The van der Waals surface area contributed by atoms with Gasteiger partial charge in [-0.25, -0.2) is 0 Å². The van der Waals surface area contributed by atoms with Gasteiger partial charge in [0.05, 0.1) is 0 Å². The SMILES string of the molecule is CC(CCN)NCC1CCCC1. The lowest BCUT2D eigenvalue weighted by Crippen LogP contribution is -2.32. The topological polar surface area (TPSA) is 38.0 Å². The molecule has 12 heavy (non-hydrogen) atoms. The van der Waals surface area contributed by atoms with E-state index < -0.39 is 0 Å². The minimum atomic E-state index is 0.607. The van der Waals surface area contributed by atoms with Crippen LogP contribution in [-0.4, -0.2) is 19.1 Å². The second kappa shape index (κ2) is 5.55. The Morgan fingerprint density at radius 1 is 1.42 bits per heavy atom. The van der Waals surface area contributed by atoms with Crippen LogP contribution in [0.1, 0.15) is 39.0 Å². The summed E-state index contributed by atoms with van der Waals surface area (Å²) in [6.45, 7) is 4.24. The lowest BCUT2D eigenvalue weighted by molar-refractivity contribution is 0.434. The summed E-state index contributed by atoms with van der Waals surface area (Å²) in [7, 11) is 0. The van der Waals surface area contributed by atoms with Crippen LogP contribution in [0, 0.1) is 5.92 Å². The van der Waals surface area contributed by atoms with E-state index >= 15 is 0 Å². The molecule has 1 saturated carbocycles. The predicted molar refractivity (Wildman–Crippen MR) is 53.1 cm³/mol. The Balaban J connectivity index is 1.99. The molecule has 0 radical (unpaired) electrons. The second-order valence-corrected chi connectivity index (χ2v) is 4.04. The molecule has 1 fully saturated rings. The molecule has 1 unspecified atom stereocenters. The zero-order valence-electron chi connectivity index (χ0n) is 8.18. The molecule has 3 N–H and O–H groups in total. The van der Waals surface area contributed by atoms with Crippen molar-refractivity contribution in [2.24, 2.45) is 11.7 Å². The van der Waals surface area contributed by atoms with E-state index in [1.807, 2.05) is 0 Å². The summed E-state index contributed by atoms with van der Waals surface area (Å²) in [6, 6.07) is 0.607. The summed E-state index contributed by atoms with van der Waals surface area (Å²) in [4.78, 5) is 0. The van der Waals surface area contributed by atoms with Crippen LogP contribution < -0.4 is 11.1 Å². The quantitative estimate of drug-likeness (QED) is 0.656. The van der Waals surface area contributed by atoms with E-state index in [2.05, 4.69) is 12.2 Å². The van der Waals surface area contributed by atoms with Crippen molar-refractivity contribution in [2.75, 3.05) is 13.1 Å². The van der Waals surface area contributed by atoms with Crippen molar-refractivity contribution < 1.29 is 0 Å². The summed E-state index contributed by atoms with van der Waals surface area (Å²) in [5, 5.41) is 3.55. The molecule has 0 aliphatic heterocycles. The minimum absolute atomic E-state index is 0.607. The fraction of sp³-hybridized carbons (Fsp3) is 1.00. The minimum Gasteiger partial charge on any atom is -0.330 e. The van der Waals surface area contributed by atoms with E-state index in [0.29, 0.717) is 6.04 Å². The summed E-state index contributed by atoms with van der Waals surface area (Å²) < 4.78 is 0. The van der Waals surface area contributed by atoms with Gasteiger partial charge in [0.15, 0.2) is 0 Å². The van der Waals surface area contributed by atoms with E-state index in [1.165, 1.54) is 32.2 Å². The van der Waals surface area contributed by atoms with Gasteiger partial charge in [-0.2, -0.15) is 0 Å². The summed E-state index contributed by atoms with van der Waals surface area (Å²) in [5.41, 5.74) is 5.47. The Bertz CT molecular complexity index is 108. The van der Waals surface area contributed by atoms with Gasteiger partial charge >= 0.3 is 0 Å². The Hall–Kier alpha value is -0.0800. The number of rotatable bonds is 5. The third-order valence-corrected chi connectivity index (χ3v) is 2.83. The maximum absolute atomic E-state index is 5.47. The van der Waals surface area contributed by atoms with Crippen molar-refractivity contribution in [2.45, 2.75) is 45.1 Å². The lowest BCUT2D eigenvalue weighted by atomic mass is 10.1. The molecule has 0 heterocycles. The largest absolute Gasteiger partial charge is 0.330 e. The molecule has 0 saturated heterocycles. The monoisotopic (exact) mass is 170 g/mol. The van der Waals surface area contributed by atoms with Gasteiger partial charge in [-0.05, 0) is 45.2 Å². The average molecular weight is 170 g/mol.